The fourth-order valence-electron chi connectivity index (χ4n) is 3.98. The fourth-order valence-corrected chi connectivity index (χ4v) is 5.50. The highest BCUT2D eigenvalue weighted by Gasteiger charge is 2.31. The van der Waals surface area contributed by atoms with Crippen LogP contribution in [0.15, 0.2) is 12.4 Å². The molecule has 10 heteroatoms. The summed E-state index contributed by atoms with van der Waals surface area (Å²) >= 11 is 0. The van der Waals surface area contributed by atoms with Gasteiger partial charge in [-0.05, 0) is 12.8 Å². The van der Waals surface area contributed by atoms with Crippen LogP contribution in [0.4, 0.5) is 10.5 Å². The summed E-state index contributed by atoms with van der Waals surface area (Å²) in [6.07, 6.45) is 5.44. The number of hydrogen-bond donors (Lipinski definition) is 0. The number of sulfonamides is 1. The molecule has 1 unspecified atom stereocenters. The van der Waals surface area contributed by atoms with E-state index in [1.807, 2.05) is 17.9 Å². The molecule has 0 aliphatic carbocycles. The molecule has 4 rings (SSSR count). The Balaban J connectivity index is 1.32. The van der Waals surface area contributed by atoms with Gasteiger partial charge in [0, 0.05) is 59.1 Å². The summed E-state index contributed by atoms with van der Waals surface area (Å²) in [6.45, 7) is 5.23. The molecule has 0 saturated carbocycles. The molecule has 3 fully saturated rings. The van der Waals surface area contributed by atoms with Crippen LogP contribution in [-0.2, 0) is 10.0 Å². The summed E-state index contributed by atoms with van der Waals surface area (Å²) in [5.74, 6) is 0.288. The van der Waals surface area contributed by atoms with Crippen LogP contribution >= 0.6 is 0 Å². The van der Waals surface area contributed by atoms with Crippen LogP contribution in [0.5, 0.6) is 0 Å². The molecule has 4 heterocycles. The summed E-state index contributed by atoms with van der Waals surface area (Å²) < 4.78 is 27.3. The van der Waals surface area contributed by atoms with Gasteiger partial charge in [0.05, 0.1) is 23.7 Å². The van der Waals surface area contributed by atoms with E-state index >= 15 is 0 Å². The smallest absolute Gasteiger partial charge is 0.324 e. The first-order valence-corrected chi connectivity index (χ1v) is 10.8. The molecule has 26 heavy (non-hydrogen) atoms. The molecule has 0 radical (unpaired) electrons. The van der Waals surface area contributed by atoms with Gasteiger partial charge in [0.1, 0.15) is 0 Å². The SMILES string of the molecule is CN1CCN(c2cnn(C3CCN(CCN4CCCS4(=O)=O)C3)c2)C1=O. The third-order valence-electron chi connectivity index (χ3n) is 5.61. The van der Waals surface area contributed by atoms with Gasteiger partial charge in [-0.1, -0.05) is 0 Å². The van der Waals surface area contributed by atoms with Gasteiger partial charge < -0.3 is 4.90 Å². The topological polar surface area (TPSA) is 82.0 Å². The van der Waals surface area contributed by atoms with Crippen LogP contribution in [-0.4, -0.2) is 96.9 Å². The number of likely N-dealkylation sites (tertiary alicyclic amines) is 1. The zero-order valence-corrected chi connectivity index (χ0v) is 15.9. The zero-order valence-electron chi connectivity index (χ0n) is 15.1. The van der Waals surface area contributed by atoms with Gasteiger partial charge in [-0.3, -0.25) is 14.5 Å². The second-order valence-corrected chi connectivity index (χ2v) is 9.43. The molecule has 0 N–H and O–H groups in total. The maximum Gasteiger partial charge on any atom is 0.324 e. The second kappa shape index (κ2) is 6.82. The Labute approximate surface area is 154 Å². The van der Waals surface area contributed by atoms with Crippen molar-refractivity contribution in [2.75, 3.05) is 63.5 Å². The predicted octanol–water partition coefficient (Wildman–Crippen LogP) is 0.0372. The summed E-state index contributed by atoms with van der Waals surface area (Å²) in [5.41, 5.74) is 0.848. The highest BCUT2D eigenvalue weighted by Crippen LogP contribution is 2.25. The molecule has 2 amide bonds. The van der Waals surface area contributed by atoms with Crippen molar-refractivity contribution < 1.29 is 13.2 Å². The van der Waals surface area contributed by atoms with Gasteiger partial charge in [-0.2, -0.15) is 5.10 Å². The van der Waals surface area contributed by atoms with Crippen LogP contribution in [0.2, 0.25) is 0 Å². The minimum atomic E-state index is -3.01. The molecular formula is C16H26N6O3S. The molecule has 3 aliphatic rings. The quantitative estimate of drug-likeness (QED) is 0.718. The third kappa shape index (κ3) is 3.33. The summed E-state index contributed by atoms with van der Waals surface area (Å²) in [6, 6.07) is 0.291. The maximum absolute atomic E-state index is 12.1. The molecule has 0 aromatic carbocycles. The number of aromatic nitrogens is 2. The van der Waals surface area contributed by atoms with E-state index in [0.717, 1.165) is 44.7 Å². The molecule has 9 nitrogen and oxygen atoms in total. The summed E-state index contributed by atoms with van der Waals surface area (Å²) in [7, 11) is -1.20. The van der Waals surface area contributed by atoms with Crippen molar-refractivity contribution in [3.8, 4) is 0 Å². The Hall–Kier alpha value is -1.65. The van der Waals surface area contributed by atoms with Crippen molar-refractivity contribution in [3.05, 3.63) is 12.4 Å². The number of urea groups is 1. The Bertz CT molecular complexity index is 779. The van der Waals surface area contributed by atoms with Crippen molar-refractivity contribution in [3.63, 3.8) is 0 Å². The lowest BCUT2D eigenvalue weighted by molar-refractivity contribution is 0.229. The van der Waals surface area contributed by atoms with E-state index in [1.54, 1.807) is 20.3 Å². The number of likely N-dealkylation sites (N-methyl/N-ethyl adjacent to an activating group) is 1. The first-order valence-electron chi connectivity index (χ1n) is 9.21. The highest BCUT2D eigenvalue weighted by molar-refractivity contribution is 7.89. The van der Waals surface area contributed by atoms with E-state index in [-0.39, 0.29) is 17.8 Å². The third-order valence-corrected chi connectivity index (χ3v) is 7.56. The van der Waals surface area contributed by atoms with Crippen molar-refractivity contribution in [1.29, 1.82) is 0 Å². The standard InChI is InChI=1S/C16H26N6O3S/c1-18-6-9-21(16(18)23)15-11-17-22(13-15)14-3-5-19(12-14)7-8-20-4-2-10-26(20,24)25/h11,13-14H,2-10,12H2,1H3. The minimum absolute atomic E-state index is 0.0180. The first-order chi connectivity index (χ1) is 12.4. The molecular weight excluding hydrogens is 356 g/mol. The van der Waals surface area contributed by atoms with Crippen LogP contribution in [0.3, 0.4) is 0 Å². The summed E-state index contributed by atoms with van der Waals surface area (Å²) in [5, 5.41) is 4.47. The van der Waals surface area contributed by atoms with Crippen molar-refractivity contribution in [2.45, 2.75) is 18.9 Å². The molecule has 0 bridgehead atoms. The Morgan fingerprint density at radius 3 is 2.73 bits per heavy atom. The van der Waals surface area contributed by atoms with Gasteiger partial charge in [0.25, 0.3) is 0 Å². The zero-order chi connectivity index (χ0) is 18.3. The van der Waals surface area contributed by atoms with E-state index in [4.69, 9.17) is 0 Å². The highest BCUT2D eigenvalue weighted by atomic mass is 32.2. The molecule has 1 aromatic heterocycles. The van der Waals surface area contributed by atoms with E-state index < -0.39 is 10.0 Å². The molecule has 0 spiro atoms. The Kier molecular flexibility index (Phi) is 4.66. The number of nitrogens with zero attached hydrogens (tertiary/aromatic N) is 6. The van der Waals surface area contributed by atoms with Crippen LogP contribution in [0, 0.1) is 0 Å². The molecule has 3 saturated heterocycles. The average molecular weight is 382 g/mol. The minimum Gasteiger partial charge on any atom is -0.326 e. The van der Waals surface area contributed by atoms with Gasteiger partial charge in [-0.15, -0.1) is 0 Å². The Morgan fingerprint density at radius 2 is 2.04 bits per heavy atom. The number of carbonyl (C=O) groups is 1. The lowest BCUT2D eigenvalue weighted by atomic mass is 10.3. The van der Waals surface area contributed by atoms with Crippen molar-refractivity contribution in [1.82, 2.24) is 23.9 Å². The number of rotatable bonds is 5. The molecule has 144 valence electrons. The summed E-state index contributed by atoms with van der Waals surface area (Å²) in [4.78, 5) is 17.9. The van der Waals surface area contributed by atoms with E-state index in [0.29, 0.717) is 19.6 Å². The van der Waals surface area contributed by atoms with Gasteiger partial charge in [-0.25, -0.2) is 17.5 Å². The number of anilines is 1. The second-order valence-electron chi connectivity index (χ2n) is 7.35. The van der Waals surface area contributed by atoms with Crippen molar-refractivity contribution in [2.24, 2.45) is 0 Å². The largest absolute Gasteiger partial charge is 0.326 e. The first kappa shape index (κ1) is 17.7. The van der Waals surface area contributed by atoms with E-state index in [2.05, 4.69) is 10.00 Å². The monoisotopic (exact) mass is 382 g/mol. The molecule has 1 aromatic rings. The van der Waals surface area contributed by atoms with Gasteiger partial charge in [0.2, 0.25) is 10.0 Å². The van der Waals surface area contributed by atoms with E-state index in [9.17, 15) is 13.2 Å². The van der Waals surface area contributed by atoms with Gasteiger partial charge in [0.15, 0.2) is 0 Å². The van der Waals surface area contributed by atoms with Gasteiger partial charge >= 0.3 is 6.03 Å². The lowest BCUT2D eigenvalue weighted by Crippen LogP contribution is -2.35. The maximum atomic E-state index is 12.1. The fraction of sp³-hybridized carbons (Fsp3) is 0.750. The van der Waals surface area contributed by atoms with Crippen LogP contribution in [0.1, 0.15) is 18.9 Å². The number of hydrogen-bond acceptors (Lipinski definition) is 5. The average Bonchev–Trinajstić information content (AvgIpc) is 3.35. The molecule has 3 aliphatic heterocycles. The van der Waals surface area contributed by atoms with Crippen LogP contribution in [0.25, 0.3) is 0 Å². The normalized spacial score (nSPS) is 27.1. The number of carbonyl (C=O) groups excluding carboxylic acids is 1. The molecule has 1 atom stereocenters. The predicted molar refractivity (Wildman–Crippen MR) is 97.7 cm³/mol. The van der Waals surface area contributed by atoms with Crippen LogP contribution < -0.4 is 4.90 Å². The van der Waals surface area contributed by atoms with Crippen molar-refractivity contribution >= 4 is 21.7 Å². The Morgan fingerprint density at radius 1 is 1.19 bits per heavy atom. The number of amides is 2. The lowest BCUT2D eigenvalue weighted by Gasteiger charge is -2.20. The van der Waals surface area contributed by atoms with E-state index in [1.165, 1.54) is 0 Å².